The Kier molecular flexibility index (Phi) is 11.2. The average Bonchev–Trinajstić information content (AvgIpc) is 1.82. The SMILES string of the molecule is [CH2-]CCC(C[CH2-])C(C)C.[Y]. The van der Waals surface area contributed by atoms with Crippen molar-refractivity contribution in [1.82, 2.24) is 0 Å². The molecule has 0 aliphatic rings. The molecule has 0 aromatic carbocycles. The minimum Gasteiger partial charge on any atom is -0.343 e. The molecular formula is C9H18Y-2. The molecule has 0 nitrogen and oxygen atoms in total. The Labute approximate surface area is 91.0 Å². The molecule has 0 amide bonds. The van der Waals surface area contributed by atoms with E-state index in [1.807, 2.05) is 0 Å². The molecule has 0 aliphatic heterocycles. The third kappa shape index (κ3) is 5.86. The van der Waals surface area contributed by atoms with E-state index >= 15 is 0 Å². The van der Waals surface area contributed by atoms with Gasteiger partial charge in [-0.15, -0.1) is 0 Å². The van der Waals surface area contributed by atoms with E-state index in [2.05, 4.69) is 27.7 Å². The van der Waals surface area contributed by atoms with Crippen LogP contribution >= 0.6 is 0 Å². The Morgan fingerprint density at radius 1 is 1.20 bits per heavy atom. The molecule has 0 fully saturated rings. The molecule has 0 bridgehead atoms. The van der Waals surface area contributed by atoms with Crippen LogP contribution < -0.4 is 0 Å². The predicted molar refractivity (Wildman–Crippen MR) is 42.9 cm³/mol. The van der Waals surface area contributed by atoms with Crippen LogP contribution in [0.4, 0.5) is 0 Å². The van der Waals surface area contributed by atoms with Gasteiger partial charge in [0.25, 0.3) is 0 Å². The topological polar surface area (TPSA) is 0 Å². The molecule has 0 aromatic heterocycles. The standard InChI is InChI=1S/C9H18.Y/c1-5-7-9(6-2)8(3)4;/h8-9H,1-2,5-7H2,3-4H3;/q-2;. The molecule has 0 spiro atoms. The van der Waals surface area contributed by atoms with Crippen molar-refractivity contribution in [1.29, 1.82) is 0 Å². The van der Waals surface area contributed by atoms with Crippen molar-refractivity contribution in [2.24, 2.45) is 11.8 Å². The first-order chi connectivity index (χ1) is 4.22. The van der Waals surface area contributed by atoms with Gasteiger partial charge in [-0.05, 0) is 5.92 Å². The molecular weight excluding hydrogens is 197 g/mol. The van der Waals surface area contributed by atoms with Gasteiger partial charge >= 0.3 is 0 Å². The molecule has 0 heterocycles. The summed E-state index contributed by atoms with van der Waals surface area (Å²) in [5, 5.41) is 0. The first kappa shape index (κ1) is 13.7. The number of hydrogen-bond acceptors (Lipinski definition) is 0. The van der Waals surface area contributed by atoms with Crippen molar-refractivity contribution in [3.63, 3.8) is 0 Å². The maximum atomic E-state index is 3.90. The van der Waals surface area contributed by atoms with E-state index in [0.29, 0.717) is 0 Å². The Hall–Kier alpha value is 1.10. The summed E-state index contributed by atoms with van der Waals surface area (Å²) in [6.07, 6.45) is 3.35. The second-order valence-electron chi connectivity index (χ2n) is 2.94. The molecule has 0 aliphatic carbocycles. The third-order valence-electron chi connectivity index (χ3n) is 1.89. The first-order valence-corrected chi connectivity index (χ1v) is 3.80. The molecule has 0 rings (SSSR count). The van der Waals surface area contributed by atoms with Gasteiger partial charge in [-0.3, -0.25) is 0 Å². The summed E-state index contributed by atoms with van der Waals surface area (Å²) < 4.78 is 0. The fraction of sp³-hybridized carbons (Fsp3) is 0.778. The fourth-order valence-electron chi connectivity index (χ4n) is 1.07. The van der Waals surface area contributed by atoms with E-state index in [-0.39, 0.29) is 32.7 Å². The van der Waals surface area contributed by atoms with E-state index in [1.54, 1.807) is 0 Å². The molecule has 1 radical (unpaired) electrons. The quantitative estimate of drug-likeness (QED) is 0.632. The summed E-state index contributed by atoms with van der Waals surface area (Å²) in [4.78, 5) is 0. The second-order valence-corrected chi connectivity index (χ2v) is 2.94. The predicted octanol–water partition coefficient (Wildman–Crippen LogP) is 3.09. The molecule has 1 atom stereocenters. The van der Waals surface area contributed by atoms with Crippen molar-refractivity contribution in [3.8, 4) is 0 Å². The van der Waals surface area contributed by atoms with Crippen molar-refractivity contribution >= 4 is 0 Å². The molecule has 0 N–H and O–H groups in total. The van der Waals surface area contributed by atoms with E-state index in [9.17, 15) is 0 Å². The van der Waals surface area contributed by atoms with Crippen LogP contribution in [-0.2, 0) is 32.7 Å². The molecule has 1 heteroatoms. The van der Waals surface area contributed by atoms with Crippen LogP contribution in [0.2, 0.25) is 0 Å². The molecule has 1 unspecified atom stereocenters. The first-order valence-electron chi connectivity index (χ1n) is 3.80. The van der Waals surface area contributed by atoms with Crippen molar-refractivity contribution in [3.05, 3.63) is 13.8 Å². The van der Waals surface area contributed by atoms with Crippen molar-refractivity contribution in [2.45, 2.75) is 33.1 Å². The number of hydrogen-bond donors (Lipinski definition) is 0. The van der Waals surface area contributed by atoms with Gasteiger partial charge in [-0.1, -0.05) is 26.2 Å². The van der Waals surface area contributed by atoms with Gasteiger partial charge in [0.05, 0.1) is 0 Å². The van der Waals surface area contributed by atoms with Gasteiger partial charge in [-0.2, -0.15) is 12.8 Å². The van der Waals surface area contributed by atoms with E-state index in [0.717, 1.165) is 24.7 Å². The maximum absolute atomic E-state index is 3.90. The van der Waals surface area contributed by atoms with Gasteiger partial charge in [0.1, 0.15) is 0 Å². The summed E-state index contributed by atoms with van der Waals surface area (Å²) in [6, 6.07) is 0. The van der Waals surface area contributed by atoms with Gasteiger partial charge in [0, 0.05) is 32.7 Å². The maximum Gasteiger partial charge on any atom is 0 e. The van der Waals surface area contributed by atoms with Gasteiger partial charge in [-0.25, -0.2) is 0 Å². The molecule has 10 heavy (non-hydrogen) atoms. The number of rotatable bonds is 4. The van der Waals surface area contributed by atoms with Crippen molar-refractivity contribution in [2.75, 3.05) is 0 Å². The monoisotopic (exact) mass is 215 g/mol. The van der Waals surface area contributed by atoms with Gasteiger partial charge < -0.3 is 13.8 Å². The van der Waals surface area contributed by atoms with Crippen LogP contribution in [0.3, 0.4) is 0 Å². The Morgan fingerprint density at radius 3 is 1.80 bits per heavy atom. The minimum absolute atomic E-state index is 0. The average molecular weight is 215 g/mol. The van der Waals surface area contributed by atoms with E-state index < -0.39 is 0 Å². The summed E-state index contributed by atoms with van der Waals surface area (Å²) in [7, 11) is 0. The second kappa shape index (κ2) is 8.20. The van der Waals surface area contributed by atoms with E-state index in [1.165, 1.54) is 6.42 Å². The third-order valence-corrected chi connectivity index (χ3v) is 1.89. The normalized spacial score (nSPS) is 12.9. The van der Waals surface area contributed by atoms with Crippen molar-refractivity contribution < 1.29 is 32.7 Å². The molecule has 0 aromatic rings. The van der Waals surface area contributed by atoms with E-state index in [4.69, 9.17) is 0 Å². The van der Waals surface area contributed by atoms with Gasteiger partial charge in [0.15, 0.2) is 0 Å². The minimum atomic E-state index is 0. The summed E-state index contributed by atoms with van der Waals surface area (Å²) in [5.41, 5.74) is 0. The van der Waals surface area contributed by atoms with Crippen LogP contribution in [0.25, 0.3) is 0 Å². The summed E-state index contributed by atoms with van der Waals surface area (Å²) >= 11 is 0. The summed E-state index contributed by atoms with van der Waals surface area (Å²) in [6.45, 7) is 12.2. The zero-order valence-corrected chi connectivity index (χ0v) is 10.1. The van der Waals surface area contributed by atoms with Crippen LogP contribution in [0, 0.1) is 25.7 Å². The zero-order chi connectivity index (χ0) is 7.28. The molecule has 0 saturated heterocycles. The largest absolute Gasteiger partial charge is 0.343 e. The Bertz CT molecular complexity index is 59.7. The van der Waals surface area contributed by atoms with Crippen LogP contribution in [0.1, 0.15) is 33.1 Å². The molecule has 59 valence electrons. The zero-order valence-electron chi connectivity index (χ0n) is 7.27. The Balaban J connectivity index is 0. The van der Waals surface area contributed by atoms with Crippen LogP contribution in [-0.4, -0.2) is 0 Å². The molecule has 0 saturated carbocycles. The van der Waals surface area contributed by atoms with Crippen LogP contribution in [0.15, 0.2) is 0 Å². The smallest absolute Gasteiger partial charge is 0 e. The fourth-order valence-corrected chi connectivity index (χ4v) is 1.07. The Morgan fingerprint density at radius 2 is 1.70 bits per heavy atom. The van der Waals surface area contributed by atoms with Crippen LogP contribution in [0.5, 0.6) is 0 Å². The summed E-state index contributed by atoms with van der Waals surface area (Å²) in [5.74, 6) is 1.58. The van der Waals surface area contributed by atoms with Gasteiger partial charge in [0.2, 0.25) is 0 Å².